The molecule has 7 amide bonds. The van der Waals surface area contributed by atoms with Crippen LogP contribution in [0.4, 0.5) is 0 Å². The first-order chi connectivity index (χ1) is 26.9. The lowest BCUT2D eigenvalue weighted by atomic mass is 9.99. The molecule has 0 unspecified atom stereocenters. The molecule has 2 aromatic carbocycles. The molecule has 2 aromatic rings. The second-order valence-electron chi connectivity index (χ2n) is 14.7. The topological polar surface area (TPSA) is 292 Å². The van der Waals surface area contributed by atoms with Gasteiger partial charge in [0.2, 0.25) is 41.4 Å². The molecule has 0 aromatic heterocycles. The first kappa shape index (κ1) is 45.4. The van der Waals surface area contributed by atoms with Gasteiger partial charge in [-0.1, -0.05) is 70.2 Å². The fraction of sp³-hybridized carbons (Fsp3) is 0.487. The Morgan fingerprint density at radius 2 is 1.30 bits per heavy atom. The van der Waals surface area contributed by atoms with Crippen LogP contribution >= 0.6 is 0 Å². The third-order valence-corrected chi connectivity index (χ3v) is 9.41. The number of phenolic OH excluding ortho intramolecular Hbond substituents is 1. The third-order valence-electron chi connectivity index (χ3n) is 9.41. The standard InChI is InChI=1S/C39H54N8O10/c1-21(2)32(37(55)42-20-30(41)49)46-38(56)33(22(3)4)45-35(53)28(19-31(50)51)43-34(52)27(18-23-9-6-5-7-10-23)44-36(54)29-11-8-16-47(29)39(57)26(40)17-24-12-14-25(48)15-13-24/h5-7,9-10,12-15,21-22,26-29,32-33,48H,8,11,16-20,40H2,1-4H3,(H2,41,49)(H,42,55)(H,43,52)(H,44,54)(H,45,53)(H,46,56)(H,50,51)/t26-,27-,28-,29-,32-,33-/m0/s1. The maximum atomic E-state index is 13.9. The van der Waals surface area contributed by atoms with E-state index in [1.807, 2.05) is 0 Å². The van der Waals surface area contributed by atoms with E-state index in [1.54, 1.807) is 70.2 Å². The maximum absolute atomic E-state index is 13.9. The summed E-state index contributed by atoms with van der Waals surface area (Å²) >= 11 is 0. The summed E-state index contributed by atoms with van der Waals surface area (Å²) in [7, 11) is 0. The number of carboxylic acids is 1. The number of amides is 7. The minimum Gasteiger partial charge on any atom is -0.508 e. The first-order valence-corrected chi connectivity index (χ1v) is 18.7. The average molecular weight is 795 g/mol. The molecule has 11 N–H and O–H groups in total. The lowest BCUT2D eigenvalue weighted by Gasteiger charge is -2.30. The quantitative estimate of drug-likeness (QED) is 0.0769. The van der Waals surface area contributed by atoms with E-state index in [9.17, 15) is 48.6 Å². The minimum absolute atomic E-state index is 0.0593. The second-order valence-corrected chi connectivity index (χ2v) is 14.7. The predicted octanol–water partition coefficient (Wildman–Crippen LogP) is -1.18. The van der Waals surface area contributed by atoms with Gasteiger partial charge in [0, 0.05) is 13.0 Å². The molecule has 57 heavy (non-hydrogen) atoms. The van der Waals surface area contributed by atoms with Crippen LogP contribution in [0.1, 0.15) is 58.1 Å². The molecule has 1 fully saturated rings. The first-order valence-electron chi connectivity index (χ1n) is 18.7. The van der Waals surface area contributed by atoms with Crippen LogP contribution in [-0.4, -0.2) is 112 Å². The number of nitrogens with two attached hydrogens (primary N) is 2. The molecular weight excluding hydrogens is 740 g/mol. The number of nitrogens with zero attached hydrogens (tertiary/aromatic N) is 1. The van der Waals surface area contributed by atoms with Crippen molar-refractivity contribution >= 4 is 47.3 Å². The average Bonchev–Trinajstić information content (AvgIpc) is 3.65. The van der Waals surface area contributed by atoms with Crippen LogP contribution in [0.2, 0.25) is 0 Å². The Balaban J connectivity index is 1.79. The van der Waals surface area contributed by atoms with Crippen molar-refractivity contribution in [2.24, 2.45) is 23.3 Å². The fourth-order valence-electron chi connectivity index (χ4n) is 6.32. The van der Waals surface area contributed by atoms with Crippen molar-refractivity contribution in [2.45, 2.75) is 96.1 Å². The fourth-order valence-corrected chi connectivity index (χ4v) is 6.32. The van der Waals surface area contributed by atoms with Gasteiger partial charge in [0.25, 0.3) is 0 Å². The highest BCUT2D eigenvalue weighted by Crippen LogP contribution is 2.20. The maximum Gasteiger partial charge on any atom is 0.305 e. The molecule has 18 heteroatoms. The number of carbonyl (C=O) groups is 8. The molecule has 0 saturated carbocycles. The molecule has 0 aliphatic carbocycles. The molecule has 1 aliphatic heterocycles. The number of primary amides is 1. The number of aliphatic carboxylic acids is 1. The molecule has 0 bridgehead atoms. The molecule has 18 nitrogen and oxygen atoms in total. The van der Waals surface area contributed by atoms with E-state index in [2.05, 4.69) is 26.6 Å². The summed E-state index contributed by atoms with van der Waals surface area (Å²) in [5.41, 5.74) is 12.7. The molecule has 0 spiro atoms. The van der Waals surface area contributed by atoms with Crippen molar-refractivity contribution in [1.29, 1.82) is 0 Å². The zero-order valence-corrected chi connectivity index (χ0v) is 32.5. The Morgan fingerprint density at radius 1 is 0.737 bits per heavy atom. The van der Waals surface area contributed by atoms with E-state index in [-0.39, 0.29) is 31.6 Å². The number of benzene rings is 2. The summed E-state index contributed by atoms with van der Waals surface area (Å²) in [6.45, 7) is 6.30. The van der Waals surface area contributed by atoms with Gasteiger partial charge in [-0.05, 0) is 54.4 Å². The Kier molecular flexibility index (Phi) is 17.0. The number of carbonyl (C=O) groups excluding carboxylic acids is 7. The summed E-state index contributed by atoms with van der Waals surface area (Å²) in [5.74, 6) is -7.70. The largest absolute Gasteiger partial charge is 0.508 e. The Hall–Kier alpha value is -6.04. The zero-order valence-electron chi connectivity index (χ0n) is 32.5. The lowest BCUT2D eigenvalue weighted by molar-refractivity contribution is -0.142. The van der Waals surface area contributed by atoms with E-state index in [1.165, 1.54) is 17.0 Å². The number of rotatable bonds is 20. The SMILES string of the molecule is CC(C)[C@H](NC(=O)[C@H](CC(=O)O)NC(=O)[C@H](Cc1ccccc1)NC(=O)[C@@H]1CCCN1C(=O)[C@@H](N)Cc1ccc(O)cc1)C(=O)N[C@H](C(=O)NCC(N)=O)C(C)C. The summed E-state index contributed by atoms with van der Waals surface area (Å²) < 4.78 is 0. The highest BCUT2D eigenvalue weighted by Gasteiger charge is 2.39. The van der Waals surface area contributed by atoms with Gasteiger partial charge in [-0.3, -0.25) is 38.4 Å². The van der Waals surface area contributed by atoms with Gasteiger partial charge in [0.05, 0.1) is 19.0 Å². The molecule has 6 atom stereocenters. The van der Waals surface area contributed by atoms with Crippen LogP contribution in [-0.2, 0) is 51.2 Å². The van der Waals surface area contributed by atoms with E-state index >= 15 is 0 Å². The van der Waals surface area contributed by atoms with Gasteiger partial charge in [0.15, 0.2) is 0 Å². The van der Waals surface area contributed by atoms with Crippen LogP contribution in [0.3, 0.4) is 0 Å². The van der Waals surface area contributed by atoms with Crippen LogP contribution < -0.4 is 38.1 Å². The number of nitrogens with one attached hydrogen (secondary N) is 5. The van der Waals surface area contributed by atoms with Crippen molar-refractivity contribution < 1.29 is 48.6 Å². The monoisotopic (exact) mass is 794 g/mol. The Morgan fingerprint density at radius 3 is 1.88 bits per heavy atom. The summed E-state index contributed by atoms with van der Waals surface area (Å²) in [5, 5.41) is 31.8. The van der Waals surface area contributed by atoms with Gasteiger partial charge in [-0.2, -0.15) is 0 Å². The van der Waals surface area contributed by atoms with Gasteiger partial charge in [-0.25, -0.2) is 0 Å². The predicted molar refractivity (Wildman–Crippen MR) is 207 cm³/mol. The van der Waals surface area contributed by atoms with E-state index in [0.29, 0.717) is 17.5 Å². The molecule has 310 valence electrons. The highest BCUT2D eigenvalue weighted by molar-refractivity contribution is 5.98. The van der Waals surface area contributed by atoms with Crippen molar-refractivity contribution in [2.75, 3.05) is 13.1 Å². The van der Waals surface area contributed by atoms with Crippen LogP contribution in [0.25, 0.3) is 0 Å². The molecule has 1 heterocycles. The van der Waals surface area contributed by atoms with Gasteiger partial charge < -0.3 is 53.2 Å². The van der Waals surface area contributed by atoms with Gasteiger partial charge >= 0.3 is 5.97 Å². The smallest absolute Gasteiger partial charge is 0.305 e. The van der Waals surface area contributed by atoms with Crippen LogP contribution in [0.15, 0.2) is 54.6 Å². The van der Waals surface area contributed by atoms with Crippen LogP contribution in [0, 0.1) is 11.8 Å². The minimum atomic E-state index is -1.71. The third kappa shape index (κ3) is 13.9. The summed E-state index contributed by atoms with van der Waals surface area (Å²) in [4.78, 5) is 105. The van der Waals surface area contributed by atoms with Crippen LogP contribution in [0.5, 0.6) is 5.75 Å². The number of hydrogen-bond donors (Lipinski definition) is 9. The molecule has 1 saturated heterocycles. The van der Waals surface area contributed by atoms with Crippen molar-refractivity contribution in [3.63, 3.8) is 0 Å². The molecular formula is C39H54N8O10. The normalized spacial score (nSPS) is 16.4. The Labute approximate surface area is 330 Å². The zero-order chi connectivity index (χ0) is 42.4. The molecule has 3 rings (SSSR count). The lowest BCUT2D eigenvalue weighted by Crippen LogP contribution is -2.61. The molecule has 0 radical (unpaired) electrons. The van der Waals surface area contributed by atoms with E-state index in [4.69, 9.17) is 11.5 Å². The number of likely N-dealkylation sites (tertiary alicyclic amines) is 1. The van der Waals surface area contributed by atoms with E-state index < -0.39 is 108 Å². The van der Waals surface area contributed by atoms with Gasteiger partial charge in [-0.15, -0.1) is 0 Å². The number of hydrogen-bond acceptors (Lipinski definition) is 10. The summed E-state index contributed by atoms with van der Waals surface area (Å²) in [6.07, 6.45) is -0.0146. The van der Waals surface area contributed by atoms with Crippen molar-refractivity contribution in [3.05, 3.63) is 65.7 Å². The van der Waals surface area contributed by atoms with E-state index in [0.717, 1.165) is 0 Å². The Bertz CT molecular complexity index is 1750. The van der Waals surface area contributed by atoms with Crippen molar-refractivity contribution in [1.82, 2.24) is 31.5 Å². The number of carboxylic acid groups (broad SMARTS) is 1. The number of aromatic hydroxyl groups is 1. The molecule has 1 aliphatic rings. The van der Waals surface area contributed by atoms with Gasteiger partial charge in [0.1, 0.15) is 36.0 Å². The number of phenols is 1. The van der Waals surface area contributed by atoms with Crippen molar-refractivity contribution in [3.8, 4) is 5.75 Å². The highest BCUT2D eigenvalue weighted by atomic mass is 16.4. The second kappa shape index (κ2) is 21.3. The summed E-state index contributed by atoms with van der Waals surface area (Å²) in [6, 6.07) is 7.45.